The molecular formula is C13H15N5O2. The van der Waals surface area contributed by atoms with E-state index in [1.54, 1.807) is 25.4 Å². The molecule has 104 valence electrons. The molecule has 0 saturated carbocycles. The van der Waals surface area contributed by atoms with Crippen LogP contribution >= 0.6 is 0 Å². The van der Waals surface area contributed by atoms with Crippen molar-refractivity contribution in [1.82, 2.24) is 15.0 Å². The van der Waals surface area contributed by atoms with Crippen LogP contribution in [0.15, 0.2) is 18.5 Å². The Balaban J connectivity index is 2.71. The maximum absolute atomic E-state index is 11.3. The second-order valence-electron chi connectivity index (χ2n) is 4.31. The Morgan fingerprint density at radius 3 is 2.70 bits per heavy atom. The lowest BCUT2D eigenvalue weighted by Crippen LogP contribution is -2.08. The second-order valence-corrected chi connectivity index (χ2v) is 4.31. The molecule has 0 aromatic carbocycles. The van der Waals surface area contributed by atoms with Crippen LogP contribution in [0.3, 0.4) is 0 Å². The average Bonchev–Trinajstić information content (AvgIpc) is 2.38. The van der Waals surface area contributed by atoms with Gasteiger partial charge in [-0.05, 0) is 32.4 Å². The van der Waals surface area contributed by atoms with Gasteiger partial charge in [0.25, 0.3) is 0 Å². The summed E-state index contributed by atoms with van der Waals surface area (Å²) in [6, 6.07) is 1.80. The standard InChI is InChI=1S/C13H15N5O2/c1-4-15-13-16-9(3)12(18(19)20)11(17-13)10-7-14-6-5-8(10)2/h5-7H,4H2,1-3H3,(H,15,16,17). The van der Waals surface area contributed by atoms with Crippen LogP contribution in [0.4, 0.5) is 11.6 Å². The Kier molecular flexibility index (Phi) is 3.88. The van der Waals surface area contributed by atoms with Crippen molar-refractivity contribution in [3.63, 3.8) is 0 Å². The molecule has 20 heavy (non-hydrogen) atoms. The van der Waals surface area contributed by atoms with E-state index in [4.69, 9.17) is 0 Å². The Morgan fingerprint density at radius 1 is 1.35 bits per heavy atom. The number of nitrogens with zero attached hydrogens (tertiary/aromatic N) is 4. The predicted molar refractivity (Wildman–Crippen MR) is 75.6 cm³/mol. The molecule has 0 spiro atoms. The minimum absolute atomic E-state index is 0.0808. The summed E-state index contributed by atoms with van der Waals surface area (Å²) in [6.07, 6.45) is 3.23. The van der Waals surface area contributed by atoms with Gasteiger partial charge in [0, 0.05) is 24.5 Å². The maximum Gasteiger partial charge on any atom is 0.316 e. The number of pyridine rings is 1. The fourth-order valence-electron chi connectivity index (χ4n) is 1.92. The van der Waals surface area contributed by atoms with Crippen molar-refractivity contribution in [2.75, 3.05) is 11.9 Å². The van der Waals surface area contributed by atoms with Crippen LogP contribution < -0.4 is 5.32 Å². The van der Waals surface area contributed by atoms with E-state index >= 15 is 0 Å². The number of nitro groups is 1. The summed E-state index contributed by atoms with van der Waals surface area (Å²) >= 11 is 0. The second kappa shape index (κ2) is 5.60. The zero-order valence-electron chi connectivity index (χ0n) is 11.5. The fraction of sp³-hybridized carbons (Fsp3) is 0.308. The molecule has 0 amide bonds. The van der Waals surface area contributed by atoms with Gasteiger partial charge in [0.15, 0.2) is 5.69 Å². The topological polar surface area (TPSA) is 93.8 Å². The molecule has 1 N–H and O–H groups in total. The largest absolute Gasteiger partial charge is 0.354 e. The van der Waals surface area contributed by atoms with Gasteiger partial charge in [-0.1, -0.05) is 0 Å². The minimum atomic E-state index is -0.452. The van der Waals surface area contributed by atoms with Gasteiger partial charge in [-0.15, -0.1) is 0 Å². The van der Waals surface area contributed by atoms with E-state index in [2.05, 4.69) is 20.3 Å². The van der Waals surface area contributed by atoms with E-state index < -0.39 is 4.92 Å². The molecule has 0 saturated heterocycles. The van der Waals surface area contributed by atoms with Crippen molar-refractivity contribution >= 4 is 11.6 Å². The van der Waals surface area contributed by atoms with Crippen LogP contribution in [-0.2, 0) is 0 Å². The number of aromatic nitrogens is 3. The van der Waals surface area contributed by atoms with Gasteiger partial charge >= 0.3 is 5.69 Å². The Hall–Kier alpha value is -2.57. The highest BCUT2D eigenvalue weighted by Gasteiger charge is 2.24. The molecule has 0 aliphatic rings. The van der Waals surface area contributed by atoms with Gasteiger partial charge < -0.3 is 5.32 Å². The van der Waals surface area contributed by atoms with Crippen molar-refractivity contribution < 1.29 is 4.92 Å². The normalized spacial score (nSPS) is 10.3. The smallest absolute Gasteiger partial charge is 0.316 e. The SMILES string of the molecule is CCNc1nc(C)c([N+](=O)[O-])c(-c2cnccc2C)n1. The lowest BCUT2D eigenvalue weighted by molar-refractivity contribution is -0.385. The molecule has 0 aliphatic heterocycles. The summed E-state index contributed by atoms with van der Waals surface area (Å²) in [5, 5.41) is 14.3. The third kappa shape index (κ3) is 2.56. The lowest BCUT2D eigenvalue weighted by atomic mass is 10.1. The average molecular weight is 273 g/mol. The molecule has 2 rings (SSSR count). The van der Waals surface area contributed by atoms with Gasteiger partial charge in [0.1, 0.15) is 5.69 Å². The van der Waals surface area contributed by atoms with Crippen molar-refractivity contribution in [3.05, 3.63) is 39.8 Å². The lowest BCUT2D eigenvalue weighted by Gasteiger charge is -2.09. The highest BCUT2D eigenvalue weighted by Crippen LogP contribution is 2.32. The van der Waals surface area contributed by atoms with Gasteiger partial charge in [-0.2, -0.15) is 0 Å². The number of nitrogens with one attached hydrogen (secondary N) is 1. The summed E-state index contributed by atoms with van der Waals surface area (Å²) in [6.45, 7) is 6.03. The zero-order valence-corrected chi connectivity index (χ0v) is 11.5. The monoisotopic (exact) mass is 273 g/mol. The van der Waals surface area contributed by atoms with Gasteiger partial charge in [-0.25, -0.2) is 9.97 Å². The summed E-state index contributed by atoms with van der Waals surface area (Å²) in [4.78, 5) is 23.2. The highest BCUT2D eigenvalue weighted by molar-refractivity contribution is 5.73. The maximum atomic E-state index is 11.3. The summed E-state index contributed by atoms with van der Waals surface area (Å²) in [7, 11) is 0. The number of hydrogen-bond donors (Lipinski definition) is 1. The van der Waals surface area contributed by atoms with Crippen molar-refractivity contribution in [2.24, 2.45) is 0 Å². The first-order chi connectivity index (χ1) is 9.54. The first-order valence-corrected chi connectivity index (χ1v) is 6.22. The van der Waals surface area contributed by atoms with Crippen molar-refractivity contribution in [2.45, 2.75) is 20.8 Å². The molecule has 0 radical (unpaired) electrons. The Bertz CT molecular complexity index is 657. The quantitative estimate of drug-likeness (QED) is 0.679. The molecule has 7 nitrogen and oxygen atoms in total. The van der Waals surface area contributed by atoms with Gasteiger partial charge in [-0.3, -0.25) is 15.1 Å². The summed E-state index contributed by atoms with van der Waals surface area (Å²) in [5.41, 5.74) is 2.07. The molecule has 0 fully saturated rings. The first kappa shape index (κ1) is 13.9. The molecule has 0 bridgehead atoms. The highest BCUT2D eigenvalue weighted by atomic mass is 16.6. The van der Waals surface area contributed by atoms with Crippen LogP contribution in [0.1, 0.15) is 18.2 Å². The third-order valence-electron chi connectivity index (χ3n) is 2.87. The van der Waals surface area contributed by atoms with Gasteiger partial charge in [0.2, 0.25) is 5.95 Å². The van der Waals surface area contributed by atoms with E-state index in [-0.39, 0.29) is 5.69 Å². The summed E-state index contributed by atoms with van der Waals surface area (Å²) in [5.74, 6) is 0.383. The van der Waals surface area contributed by atoms with E-state index in [9.17, 15) is 10.1 Å². The number of anilines is 1. The summed E-state index contributed by atoms with van der Waals surface area (Å²) < 4.78 is 0. The van der Waals surface area contributed by atoms with Crippen molar-refractivity contribution in [3.8, 4) is 11.3 Å². The number of aryl methyl sites for hydroxylation is 2. The fourth-order valence-corrected chi connectivity index (χ4v) is 1.92. The third-order valence-corrected chi connectivity index (χ3v) is 2.87. The van der Waals surface area contributed by atoms with E-state index in [1.807, 2.05) is 13.8 Å². The predicted octanol–water partition coefficient (Wildman–Crippen LogP) is 2.50. The molecule has 7 heteroatoms. The van der Waals surface area contributed by atoms with Crippen LogP contribution in [0.2, 0.25) is 0 Å². The van der Waals surface area contributed by atoms with Gasteiger partial charge in [0.05, 0.1) is 4.92 Å². The van der Waals surface area contributed by atoms with Crippen LogP contribution in [0, 0.1) is 24.0 Å². The minimum Gasteiger partial charge on any atom is -0.354 e. The number of hydrogen-bond acceptors (Lipinski definition) is 6. The van der Waals surface area contributed by atoms with E-state index in [0.717, 1.165) is 5.56 Å². The molecule has 0 atom stereocenters. The van der Waals surface area contributed by atoms with E-state index in [1.165, 1.54) is 0 Å². The molecule has 2 aromatic rings. The zero-order chi connectivity index (χ0) is 14.7. The number of rotatable bonds is 4. The molecule has 0 unspecified atom stereocenters. The van der Waals surface area contributed by atoms with Crippen LogP contribution in [0.25, 0.3) is 11.3 Å². The Labute approximate surface area is 116 Å². The Morgan fingerprint density at radius 2 is 2.10 bits per heavy atom. The van der Waals surface area contributed by atoms with Crippen molar-refractivity contribution in [1.29, 1.82) is 0 Å². The van der Waals surface area contributed by atoms with E-state index in [0.29, 0.717) is 29.4 Å². The molecule has 0 aliphatic carbocycles. The molecular weight excluding hydrogens is 258 g/mol. The van der Waals surface area contributed by atoms with Crippen LogP contribution in [-0.4, -0.2) is 26.4 Å². The van der Waals surface area contributed by atoms with Crippen LogP contribution in [0.5, 0.6) is 0 Å². The molecule has 2 heterocycles. The first-order valence-electron chi connectivity index (χ1n) is 6.22. The molecule has 2 aromatic heterocycles.